The van der Waals surface area contributed by atoms with E-state index < -0.39 is 5.97 Å². The van der Waals surface area contributed by atoms with E-state index in [4.69, 9.17) is 5.11 Å². The fourth-order valence-corrected chi connectivity index (χ4v) is 1.80. The number of aliphatic hydroxyl groups excluding tert-OH is 1. The van der Waals surface area contributed by atoms with E-state index >= 15 is 0 Å². The normalized spacial score (nSPS) is 10.3. The Labute approximate surface area is 116 Å². The molecule has 2 aromatic rings. The van der Waals surface area contributed by atoms with Crippen LogP contribution in [0.5, 0.6) is 0 Å². The first-order chi connectivity index (χ1) is 9.63. The summed E-state index contributed by atoms with van der Waals surface area (Å²) in [6, 6.07) is 9.31. The maximum absolute atomic E-state index is 11.2. The third kappa shape index (κ3) is 2.92. The summed E-state index contributed by atoms with van der Waals surface area (Å²) in [4.78, 5) is 21.2. The Morgan fingerprint density at radius 1 is 1.30 bits per heavy atom. The van der Waals surface area contributed by atoms with E-state index in [-0.39, 0.29) is 12.2 Å². The quantitative estimate of drug-likeness (QED) is 0.853. The number of hydrogen-bond acceptors (Lipinski definition) is 5. The molecule has 0 saturated carbocycles. The minimum atomic E-state index is -1.09. The molecule has 6 heteroatoms. The van der Waals surface area contributed by atoms with Gasteiger partial charge in [-0.25, -0.2) is 14.8 Å². The SMILES string of the molecule is CN(CCO)c1nc(-c2ccccc2)ncc1C(=O)O. The number of aromatic nitrogens is 2. The molecule has 0 bridgehead atoms. The van der Waals surface area contributed by atoms with Gasteiger partial charge >= 0.3 is 5.97 Å². The number of benzene rings is 1. The van der Waals surface area contributed by atoms with Gasteiger partial charge in [-0.2, -0.15) is 0 Å². The molecule has 0 saturated heterocycles. The molecule has 1 heterocycles. The van der Waals surface area contributed by atoms with Gasteiger partial charge in [0.1, 0.15) is 11.4 Å². The largest absolute Gasteiger partial charge is 0.477 e. The van der Waals surface area contributed by atoms with Gasteiger partial charge in [-0.3, -0.25) is 0 Å². The van der Waals surface area contributed by atoms with Crippen molar-refractivity contribution in [2.75, 3.05) is 25.1 Å². The fraction of sp³-hybridized carbons (Fsp3) is 0.214. The van der Waals surface area contributed by atoms with Crippen molar-refractivity contribution in [1.82, 2.24) is 9.97 Å². The number of anilines is 1. The van der Waals surface area contributed by atoms with Crippen LogP contribution >= 0.6 is 0 Å². The van der Waals surface area contributed by atoms with E-state index in [1.54, 1.807) is 11.9 Å². The highest BCUT2D eigenvalue weighted by molar-refractivity contribution is 5.93. The van der Waals surface area contributed by atoms with Crippen LogP contribution in [0.4, 0.5) is 5.82 Å². The summed E-state index contributed by atoms with van der Waals surface area (Å²) < 4.78 is 0. The van der Waals surface area contributed by atoms with E-state index in [0.29, 0.717) is 18.2 Å². The second-order valence-electron chi connectivity index (χ2n) is 4.25. The first-order valence-electron chi connectivity index (χ1n) is 6.11. The number of carboxylic acids is 1. The lowest BCUT2D eigenvalue weighted by molar-refractivity contribution is 0.0696. The molecule has 0 aliphatic heterocycles. The minimum absolute atomic E-state index is 0.0145. The lowest BCUT2D eigenvalue weighted by Gasteiger charge is -2.19. The monoisotopic (exact) mass is 273 g/mol. The van der Waals surface area contributed by atoms with Gasteiger partial charge in [0.25, 0.3) is 0 Å². The summed E-state index contributed by atoms with van der Waals surface area (Å²) in [5.74, 6) is -0.347. The van der Waals surface area contributed by atoms with Crippen LogP contribution in [0.2, 0.25) is 0 Å². The number of aliphatic hydroxyl groups is 1. The first kappa shape index (κ1) is 14.0. The predicted octanol–water partition coefficient (Wildman–Crippen LogP) is 1.27. The molecule has 0 fully saturated rings. The molecule has 1 aromatic carbocycles. The summed E-state index contributed by atoms with van der Waals surface area (Å²) in [6.45, 7) is 0.214. The maximum atomic E-state index is 11.2. The van der Waals surface area contributed by atoms with Crippen molar-refractivity contribution in [2.24, 2.45) is 0 Å². The molecule has 0 unspecified atom stereocenters. The predicted molar refractivity (Wildman–Crippen MR) is 74.8 cm³/mol. The van der Waals surface area contributed by atoms with Gasteiger partial charge in [-0.1, -0.05) is 30.3 Å². The highest BCUT2D eigenvalue weighted by Gasteiger charge is 2.17. The highest BCUT2D eigenvalue weighted by atomic mass is 16.4. The summed E-state index contributed by atoms with van der Waals surface area (Å²) in [5.41, 5.74) is 0.823. The smallest absolute Gasteiger partial charge is 0.341 e. The zero-order valence-electron chi connectivity index (χ0n) is 11.0. The lowest BCUT2D eigenvalue weighted by Crippen LogP contribution is -2.25. The zero-order valence-corrected chi connectivity index (χ0v) is 11.0. The van der Waals surface area contributed by atoms with Gasteiger partial charge < -0.3 is 15.1 Å². The van der Waals surface area contributed by atoms with Crippen LogP contribution in [0, 0.1) is 0 Å². The number of aromatic carboxylic acids is 1. The van der Waals surface area contributed by atoms with Gasteiger partial charge in [-0.05, 0) is 0 Å². The molecule has 1 aromatic heterocycles. The summed E-state index contributed by atoms with van der Waals surface area (Å²) in [7, 11) is 1.68. The number of carbonyl (C=O) groups is 1. The van der Waals surface area contributed by atoms with Crippen LogP contribution in [0.3, 0.4) is 0 Å². The van der Waals surface area contributed by atoms with Crippen LogP contribution < -0.4 is 4.90 Å². The van der Waals surface area contributed by atoms with Crippen molar-refractivity contribution < 1.29 is 15.0 Å². The Hall–Kier alpha value is -2.47. The van der Waals surface area contributed by atoms with Crippen LogP contribution in [-0.2, 0) is 0 Å². The Balaban J connectivity index is 2.48. The molecule has 0 aliphatic rings. The fourth-order valence-electron chi connectivity index (χ4n) is 1.80. The molecular weight excluding hydrogens is 258 g/mol. The average Bonchev–Trinajstić information content (AvgIpc) is 2.47. The zero-order chi connectivity index (χ0) is 14.5. The number of rotatable bonds is 5. The second kappa shape index (κ2) is 6.12. The Morgan fingerprint density at radius 2 is 2.00 bits per heavy atom. The van der Waals surface area contributed by atoms with Crippen molar-refractivity contribution in [3.63, 3.8) is 0 Å². The first-order valence-corrected chi connectivity index (χ1v) is 6.11. The van der Waals surface area contributed by atoms with E-state index in [1.165, 1.54) is 6.20 Å². The molecule has 0 atom stereocenters. The number of hydrogen-bond donors (Lipinski definition) is 2. The molecule has 20 heavy (non-hydrogen) atoms. The Kier molecular flexibility index (Phi) is 4.27. The number of likely N-dealkylation sites (N-methyl/N-ethyl adjacent to an activating group) is 1. The molecule has 0 radical (unpaired) electrons. The molecular formula is C14H15N3O3. The van der Waals surface area contributed by atoms with Crippen LogP contribution in [0.25, 0.3) is 11.4 Å². The van der Waals surface area contributed by atoms with Crippen molar-refractivity contribution in [1.29, 1.82) is 0 Å². The lowest BCUT2D eigenvalue weighted by atomic mass is 10.2. The third-order valence-corrected chi connectivity index (χ3v) is 2.83. The average molecular weight is 273 g/mol. The van der Waals surface area contributed by atoms with Crippen molar-refractivity contribution in [3.05, 3.63) is 42.1 Å². The van der Waals surface area contributed by atoms with E-state index in [2.05, 4.69) is 9.97 Å². The van der Waals surface area contributed by atoms with Crippen LogP contribution in [0.15, 0.2) is 36.5 Å². The minimum Gasteiger partial charge on any atom is -0.477 e. The molecule has 2 rings (SSSR count). The second-order valence-corrected chi connectivity index (χ2v) is 4.25. The van der Waals surface area contributed by atoms with E-state index in [9.17, 15) is 9.90 Å². The van der Waals surface area contributed by atoms with Gasteiger partial charge in [-0.15, -0.1) is 0 Å². The Bertz CT molecular complexity index is 602. The highest BCUT2D eigenvalue weighted by Crippen LogP contribution is 2.21. The van der Waals surface area contributed by atoms with Crippen molar-refractivity contribution in [3.8, 4) is 11.4 Å². The third-order valence-electron chi connectivity index (χ3n) is 2.83. The van der Waals surface area contributed by atoms with Gasteiger partial charge in [0, 0.05) is 25.4 Å². The maximum Gasteiger partial charge on any atom is 0.341 e. The van der Waals surface area contributed by atoms with Crippen molar-refractivity contribution in [2.45, 2.75) is 0 Å². The summed E-state index contributed by atoms with van der Waals surface area (Å²) >= 11 is 0. The molecule has 2 N–H and O–H groups in total. The number of nitrogens with zero attached hydrogens (tertiary/aromatic N) is 3. The van der Waals surface area contributed by atoms with Crippen LogP contribution in [0.1, 0.15) is 10.4 Å². The molecule has 0 spiro atoms. The van der Waals surface area contributed by atoms with Gasteiger partial charge in [0.05, 0.1) is 6.61 Å². The van der Waals surface area contributed by atoms with Gasteiger partial charge in [0.15, 0.2) is 5.82 Å². The summed E-state index contributed by atoms with van der Waals surface area (Å²) in [5, 5.41) is 18.2. The summed E-state index contributed by atoms with van der Waals surface area (Å²) in [6.07, 6.45) is 1.29. The number of carboxylic acid groups (broad SMARTS) is 1. The van der Waals surface area contributed by atoms with Crippen LogP contribution in [-0.4, -0.2) is 46.3 Å². The van der Waals surface area contributed by atoms with E-state index in [0.717, 1.165) is 5.56 Å². The molecule has 0 aliphatic carbocycles. The van der Waals surface area contributed by atoms with E-state index in [1.807, 2.05) is 30.3 Å². The molecule has 6 nitrogen and oxygen atoms in total. The molecule has 0 amide bonds. The topological polar surface area (TPSA) is 86.5 Å². The van der Waals surface area contributed by atoms with Gasteiger partial charge in [0.2, 0.25) is 0 Å². The standard InChI is InChI=1S/C14H15N3O3/c1-17(7-8-18)13-11(14(19)20)9-15-12(16-13)10-5-3-2-4-6-10/h2-6,9,18H,7-8H2,1H3,(H,19,20). The Morgan fingerprint density at radius 3 is 2.60 bits per heavy atom. The molecule has 104 valence electrons. The van der Waals surface area contributed by atoms with Crippen molar-refractivity contribution >= 4 is 11.8 Å².